The van der Waals surface area contributed by atoms with Crippen molar-refractivity contribution in [1.29, 1.82) is 0 Å². The van der Waals surface area contributed by atoms with Gasteiger partial charge in [-0.3, -0.25) is 0 Å². The van der Waals surface area contributed by atoms with Gasteiger partial charge in [-0.25, -0.2) is 14.4 Å². The molecule has 0 saturated carbocycles. The van der Waals surface area contributed by atoms with E-state index in [0.717, 1.165) is 29.2 Å². The zero-order valence-corrected chi connectivity index (χ0v) is 25.3. The number of hydrogen-bond acceptors (Lipinski definition) is 9. The van der Waals surface area contributed by atoms with Gasteiger partial charge >= 0.3 is 18.0 Å². The molecule has 3 aromatic carbocycles. The number of aliphatic carboxylic acids is 2. The number of aromatic nitrogens is 2. The second kappa shape index (κ2) is 17.9. The van der Waals surface area contributed by atoms with E-state index in [-0.39, 0.29) is 6.03 Å². The Kier molecular flexibility index (Phi) is 13.7. The molecular formula is C31H35N5O7S. The minimum Gasteiger partial charge on any atom is -0.493 e. The molecule has 0 fully saturated rings. The van der Waals surface area contributed by atoms with Crippen LogP contribution >= 0.6 is 11.8 Å². The second-order valence-corrected chi connectivity index (χ2v) is 10.6. The van der Waals surface area contributed by atoms with Crippen molar-refractivity contribution < 1.29 is 33.8 Å². The van der Waals surface area contributed by atoms with Gasteiger partial charge in [0.1, 0.15) is 5.75 Å². The number of rotatable bonds is 13. The molecule has 0 aliphatic heterocycles. The van der Waals surface area contributed by atoms with E-state index in [0.29, 0.717) is 42.9 Å². The number of hydrogen-bond donors (Lipinski definition) is 3. The summed E-state index contributed by atoms with van der Waals surface area (Å²) in [7, 11) is 4.00. The smallest absolute Gasteiger partial charge is 0.414 e. The van der Waals surface area contributed by atoms with Crippen molar-refractivity contribution in [3.63, 3.8) is 0 Å². The van der Waals surface area contributed by atoms with Crippen molar-refractivity contribution in [2.75, 3.05) is 44.9 Å². The van der Waals surface area contributed by atoms with Gasteiger partial charge in [-0.2, -0.15) is 0 Å². The highest BCUT2D eigenvalue weighted by Gasteiger charge is 2.15. The van der Waals surface area contributed by atoms with Gasteiger partial charge in [-0.1, -0.05) is 48.5 Å². The Labute approximate surface area is 259 Å². The Morgan fingerprint density at radius 2 is 1.50 bits per heavy atom. The molecule has 0 radical (unpaired) electrons. The van der Waals surface area contributed by atoms with Gasteiger partial charge in [0.15, 0.2) is 0 Å². The van der Waals surface area contributed by atoms with E-state index >= 15 is 0 Å². The van der Waals surface area contributed by atoms with E-state index < -0.39 is 11.9 Å². The van der Waals surface area contributed by atoms with Crippen molar-refractivity contribution >= 4 is 35.4 Å². The topological polar surface area (TPSA) is 158 Å². The zero-order valence-electron chi connectivity index (χ0n) is 24.5. The Bertz CT molecular complexity index is 1440. The van der Waals surface area contributed by atoms with E-state index in [1.165, 1.54) is 0 Å². The van der Waals surface area contributed by atoms with Crippen LogP contribution in [-0.4, -0.2) is 87.7 Å². The van der Waals surface area contributed by atoms with Crippen LogP contribution < -0.4 is 10.1 Å². The lowest BCUT2D eigenvalue weighted by Crippen LogP contribution is -2.39. The number of carboxylic acid groups (broad SMARTS) is 2. The predicted octanol–water partition coefficient (Wildman–Crippen LogP) is 4.80. The highest BCUT2D eigenvalue weighted by atomic mass is 32.2. The van der Waals surface area contributed by atoms with E-state index in [1.54, 1.807) is 11.8 Å². The zero-order chi connectivity index (χ0) is 31.7. The van der Waals surface area contributed by atoms with E-state index in [1.807, 2.05) is 104 Å². The standard InChI is InChI=1S/C29H33N5O3S.C2H2O4/c1-33(2)17-18-34(21-23-9-5-3-6-10-23)29(35)30-25-15-13-24(14-16-25)28-32-31-27(37-28)22-38-20-19-36-26-11-7-4-8-12-26;3-1(4)2(5)6/h3-16H,17-22H2,1-2H3,(H,30,35);(H,3,4)(H,5,6). The van der Waals surface area contributed by atoms with Crippen LogP contribution in [0.1, 0.15) is 11.5 Å². The quantitative estimate of drug-likeness (QED) is 0.139. The van der Waals surface area contributed by atoms with Crippen molar-refractivity contribution in [3.8, 4) is 17.2 Å². The first-order valence-corrected chi connectivity index (χ1v) is 14.8. The van der Waals surface area contributed by atoms with Crippen LogP contribution in [0.15, 0.2) is 89.3 Å². The van der Waals surface area contributed by atoms with E-state index in [2.05, 4.69) is 20.4 Å². The Hall–Kier alpha value is -4.88. The number of carbonyl (C=O) groups excluding carboxylic acids is 1. The number of thioether (sulfide) groups is 1. The average Bonchev–Trinajstić information content (AvgIpc) is 3.49. The van der Waals surface area contributed by atoms with Gasteiger partial charge < -0.3 is 34.5 Å². The molecule has 2 amide bonds. The maximum atomic E-state index is 13.1. The lowest BCUT2D eigenvalue weighted by atomic mass is 10.2. The summed E-state index contributed by atoms with van der Waals surface area (Å²) in [4.78, 5) is 35.1. The molecule has 4 aromatic rings. The number of amides is 2. The van der Waals surface area contributed by atoms with Crippen LogP contribution in [0, 0.1) is 0 Å². The molecule has 1 aromatic heterocycles. The van der Waals surface area contributed by atoms with Crippen LogP contribution in [-0.2, 0) is 21.9 Å². The highest BCUT2D eigenvalue weighted by molar-refractivity contribution is 7.98. The Morgan fingerprint density at radius 1 is 0.864 bits per heavy atom. The maximum Gasteiger partial charge on any atom is 0.414 e. The SMILES string of the molecule is CN(C)CCN(Cc1ccccc1)C(=O)Nc1ccc(-c2nnc(CSCCOc3ccccc3)o2)cc1.O=C(O)C(=O)O. The molecule has 13 heteroatoms. The van der Waals surface area contributed by atoms with Gasteiger partial charge in [0.25, 0.3) is 0 Å². The molecule has 0 atom stereocenters. The summed E-state index contributed by atoms with van der Waals surface area (Å²) in [5.41, 5.74) is 2.59. The summed E-state index contributed by atoms with van der Waals surface area (Å²) in [6.07, 6.45) is 0. The number of nitrogens with zero attached hydrogens (tertiary/aromatic N) is 4. The third-order valence-corrected chi connectivity index (χ3v) is 6.73. The second-order valence-electron chi connectivity index (χ2n) is 9.54. The molecule has 0 aliphatic carbocycles. The summed E-state index contributed by atoms with van der Waals surface area (Å²) in [6.45, 7) is 2.55. The number of benzene rings is 3. The summed E-state index contributed by atoms with van der Waals surface area (Å²) in [6, 6.07) is 27.0. The lowest BCUT2D eigenvalue weighted by Gasteiger charge is -2.25. The number of carboxylic acids is 2. The first kappa shape index (κ1) is 33.6. The number of ether oxygens (including phenoxy) is 1. The van der Waals surface area contributed by atoms with Crippen molar-refractivity contribution in [3.05, 3.63) is 96.4 Å². The fourth-order valence-electron chi connectivity index (χ4n) is 3.60. The lowest BCUT2D eigenvalue weighted by molar-refractivity contribution is -0.159. The number of urea groups is 1. The molecule has 232 valence electrons. The maximum absolute atomic E-state index is 13.1. The number of likely N-dealkylation sites (N-methyl/N-ethyl adjacent to an activating group) is 1. The monoisotopic (exact) mass is 621 g/mol. The molecule has 44 heavy (non-hydrogen) atoms. The number of nitrogens with one attached hydrogen (secondary N) is 1. The number of para-hydroxylation sites is 1. The van der Waals surface area contributed by atoms with Crippen LogP contribution in [0.5, 0.6) is 5.75 Å². The first-order valence-electron chi connectivity index (χ1n) is 13.6. The van der Waals surface area contributed by atoms with Gasteiger partial charge in [-0.05, 0) is 56.1 Å². The molecule has 1 heterocycles. The van der Waals surface area contributed by atoms with Gasteiger partial charge in [0, 0.05) is 36.6 Å². The highest BCUT2D eigenvalue weighted by Crippen LogP contribution is 2.22. The normalized spacial score (nSPS) is 10.4. The van der Waals surface area contributed by atoms with Gasteiger partial charge in [0.05, 0.1) is 12.4 Å². The Balaban J connectivity index is 0.000000801. The van der Waals surface area contributed by atoms with E-state index in [9.17, 15) is 4.79 Å². The average molecular weight is 622 g/mol. The molecule has 0 aliphatic rings. The molecule has 0 unspecified atom stereocenters. The predicted molar refractivity (Wildman–Crippen MR) is 168 cm³/mol. The van der Waals surface area contributed by atoms with Crippen molar-refractivity contribution in [2.45, 2.75) is 12.3 Å². The molecule has 0 spiro atoms. The van der Waals surface area contributed by atoms with Gasteiger partial charge in [0.2, 0.25) is 11.8 Å². The van der Waals surface area contributed by atoms with Crippen molar-refractivity contribution in [2.24, 2.45) is 0 Å². The number of anilines is 1. The van der Waals surface area contributed by atoms with Gasteiger partial charge in [-0.15, -0.1) is 22.0 Å². The molecule has 4 rings (SSSR count). The summed E-state index contributed by atoms with van der Waals surface area (Å²) in [5, 5.41) is 26.1. The fourth-order valence-corrected chi connectivity index (χ4v) is 4.24. The number of carbonyl (C=O) groups is 3. The summed E-state index contributed by atoms with van der Waals surface area (Å²) < 4.78 is 11.5. The third kappa shape index (κ3) is 12.2. The first-order chi connectivity index (χ1) is 21.2. The fraction of sp³-hybridized carbons (Fsp3) is 0.258. The van der Waals surface area contributed by atoms with Crippen LogP contribution in [0.25, 0.3) is 11.5 Å². The molecular weight excluding hydrogens is 586 g/mol. The van der Waals surface area contributed by atoms with Crippen LogP contribution in [0.3, 0.4) is 0 Å². The van der Waals surface area contributed by atoms with Crippen LogP contribution in [0.4, 0.5) is 10.5 Å². The largest absolute Gasteiger partial charge is 0.493 e. The van der Waals surface area contributed by atoms with Crippen molar-refractivity contribution in [1.82, 2.24) is 20.0 Å². The molecule has 12 nitrogen and oxygen atoms in total. The Morgan fingerprint density at radius 3 is 2.11 bits per heavy atom. The summed E-state index contributed by atoms with van der Waals surface area (Å²) in [5.74, 6) is -0.328. The minimum atomic E-state index is -1.82. The van der Waals surface area contributed by atoms with Crippen LogP contribution in [0.2, 0.25) is 0 Å². The molecule has 0 bridgehead atoms. The molecule has 3 N–H and O–H groups in total. The third-order valence-electron chi connectivity index (χ3n) is 5.82. The van der Waals surface area contributed by atoms with E-state index in [4.69, 9.17) is 29.0 Å². The minimum absolute atomic E-state index is 0.142. The summed E-state index contributed by atoms with van der Waals surface area (Å²) >= 11 is 1.68. The molecule has 0 saturated heterocycles.